The molecule has 0 saturated carbocycles. The first-order valence-electron chi connectivity index (χ1n) is 9.35. The number of amides is 1. The maximum absolute atomic E-state index is 12.1. The number of nitrogens with one attached hydrogen (secondary N) is 2. The highest BCUT2D eigenvalue weighted by Crippen LogP contribution is 2.13. The summed E-state index contributed by atoms with van der Waals surface area (Å²) in [5.41, 5.74) is 2.18. The Balaban J connectivity index is 1.41. The zero-order valence-electron chi connectivity index (χ0n) is 15.6. The average molecular weight is 397 g/mol. The van der Waals surface area contributed by atoms with Crippen LogP contribution in [0.1, 0.15) is 17.5 Å². The van der Waals surface area contributed by atoms with Crippen LogP contribution in [0.4, 0.5) is 0 Å². The molecule has 2 aromatic carbocycles. The lowest BCUT2D eigenvalue weighted by atomic mass is 10.1. The van der Waals surface area contributed by atoms with Crippen LogP contribution >= 0.6 is 11.8 Å². The van der Waals surface area contributed by atoms with Gasteiger partial charge in [-0.1, -0.05) is 72.4 Å². The SMILES string of the molecule is O=C(CSc1n[nH]c(=O)n1CCc1ccccc1)NCCCc1ccccc1. The van der Waals surface area contributed by atoms with Gasteiger partial charge in [0.15, 0.2) is 5.16 Å². The third kappa shape index (κ3) is 6.13. The van der Waals surface area contributed by atoms with Crippen molar-refractivity contribution in [3.05, 3.63) is 82.3 Å². The van der Waals surface area contributed by atoms with Gasteiger partial charge in [0.2, 0.25) is 5.91 Å². The van der Waals surface area contributed by atoms with E-state index in [9.17, 15) is 9.59 Å². The van der Waals surface area contributed by atoms with E-state index in [1.165, 1.54) is 17.3 Å². The van der Waals surface area contributed by atoms with Crippen molar-refractivity contribution in [2.75, 3.05) is 12.3 Å². The maximum atomic E-state index is 12.1. The summed E-state index contributed by atoms with van der Waals surface area (Å²) in [5, 5.41) is 9.98. The van der Waals surface area contributed by atoms with Crippen LogP contribution < -0.4 is 11.0 Å². The third-order valence-corrected chi connectivity index (χ3v) is 5.31. The van der Waals surface area contributed by atoms with Crippen molar-refractivity contribution in [2.45, 2.75) is 31.0 Å². The molecule has 7 heteroatoms. The van der Waals surface area contributed by atoms with E-state index in [2.05, 4.69) is 27.6 Å². The zero-order chi connectivity index (χ0) is 19.6. The van der Waals surface area contributed by atoms with Crippen LogP contribution in [0.2, 0.25) is 0 Å². The van der Waals surface area contributed by atoms with Gasteiger partial charge >= 0.3 is 5.69 Å². The number of aromatic amines is 1. The number of benzene rings is 2. The number of nitrogens with zero attached hydrogens (tertiary/aromatic N) is 2. The lowest BCUT2D eigenvalue weighted by Crippen LogP contribution is -2.27. The molecule has 1 aromatic heterocycles. The molecule has 0 bridgehead atoms. The van der Waals surface area contributed by atoms with Gasteiger partial charge in [-0.05, 0) is 30.4 Å². The number of aromatic nitrogens is 3. The quantitative estimate of drug-likeness (QED) is 0.408. The first-order chi connectivity index (χ1) is 13.7. The topological polar surface area (TPSA) is 79.8 Å². The lowest BCUT2D eigenvalue weighted by Gasteiger charge is -2.07. The summed E-state index contributed by atoms with van der Waals surface area (Å²) in [6.07, 6.45) is 2.57. The fourth-order valence-corrected chi connectivity index (χ4v) is 3.64. The van der Waals surface area contributed by atoms with Crippen LogP contribution in [-0.4, -0.2) is 33.0 Å². The molecule has 146 valence electrons. The van der Waals surface area contributed by atoms with Gasteiger partial charge in [0, 0.05) is 13.1 Å². The van der Waals surface area contributed by atoms with Crippen LogP contribution in [0.25, 0.3) is 0 Å². The summed E-state index contributed by atoms with van der Waals surface area (Å²) in [6.45, 7) is 1.16. The Morgan fingerprint density at radius 3 is 2.32 bits per heavy atom. The van der Waals surface area contributed by atoms with Gasteiger partial charge < -0.3 is 5.32 Å². The minimum atomic E-state index is -0.248. The molecule has 0 aliphatic heterocycles. The zero-order valence-corrected chi connectivity index (χ0v) is 16.5. The summed E-state index contributed by atoms with van der Waals surface area (Å²) >= 11 is 1.27. The second-order valence-electron chi connectivity index (χ2n) is 6.43. The van der Waals surface area contributed by atoms with Crippen molar-refractivity contribution < 1.29 is 4.79 Å². The smallest absolute Gasteiger partial charge is 0.343 e. The molecule has 1 heterocycles. The second-order valence-corrected chi connectivity index (χ2v) is 7.37. The summed E-state index contributed by atoms with van der Waals surface area (Å²) < 4.78 is 1.58. The number of thioether (sulfide) groups is 1. The predicted octanol–water partition coefficient (Wildman–Crippen LogP) is 2.66. The van der Waals surface area contributed by atoms with Crippen molar-refractivity contribution in [2.24, 2.45) is 0 Å². The number of rotatable bonds is 10. The van der Waals surface area contributed by atoms with Crippen molar-refractivity contribution in [1.29, 1.82) is 0 Å². The van der Waals surface area contributed by atoms with Crippen LogP contribution in [0.15, 0.2) is 70.6 Å². The van der Waals surface area contributed by atoms with Gasteiger partial charge in [-0.2, -0.15) is 0 Å². The monoisotopic (exact) mass is 396 g/mol. The Morgan fingerprint density at radius 1 is 1.00 bits per heavy atom. The molecule has 1 amide bonds. The maximum Gasteiger partial charge on any atom is 0.343 e. The number of hydrogen-bond acceptors (Lipinski definition) is 4. The molecular weight excluding hydrogens is 372 g/mol. The van der Waals surface area contributed by atoms with E-state index < -0.39 is 0 Å². The Labute approximate surface area is 168 Å². The van der Waals surface area contributed by atoms with Crippen LogP contribution in [0.3, 0.4) is 0 Å². The number of carbonyl (C=O) groups excluding carboxylic acids is 1. The van der Waals surface area contributed by atoms with Crippen molar-refractivity contribution in [1.82, 2.24) is 20.1 Å². The van der Waals surface area contributed by atoms with E-state index in [-0.39, 0.29) is 17.3 Å². The van der Waals surface area contributed by atoms with Gasteiger partial charge in [0.1, 0.15) is 0 Å². The standard InChI is InChI=1S/C21H24N4O2S/c26-19(22-14-7-12-17-8-3-1-4-9-17)16-28-21-24-23-20(27)25(21)15-13-18-10-5-2-6-11-18/h1-6,8-11H,7,12-16H2,(H,22,26)(H,23,27). The molecule has 0 radical (unpaired) electrons. The Bertz CT molecular complexity index is 922. The fraction of sp³-hybridized carbons (Fsp3) is 0.286. The molecule has 3 rings (SSSR count). The highest BCUT2D eigenvalue weighted by molar-refractivity contribution is 7.99. The van der Waals surface area contributed by atoms with Crippen molar-refractivity contribution in [3.63, 3.8) is 0 Å². The molecule has 0 aliphatic carbocycles. The van der Waals surface area contributed by atoms with E-state index in [4.69, 9.17) is 0 Å². The van der Waals surface area contributed by atoms with E-state index in [0.717, 1.165) is 24.8 Å². The molecule has 0 spiro atoms. The Hall–Kier alpha value is -2.80. The second kappa shape index (κ2) is 10.5. The molecule has 0 unspecified atom stereocenters. The van der Waals surface area contributed by atoms with Crippen LogP contribution in [-0.2, 0) is 24.2 Å². The molecule has 0 fully saturated rings. The van der Waals surface area contributed by atoms with Crippen LogP contribution in [0.5, 0.6) is 0 Å². The van der Waals surface area contributed by atoms with E-state index in [1.54, 1.807) is 4.57 Å². The van der Waals surface area contributed by atoms with E-state index in [0.29, 0.717) is 18.2 Å². The van der Waals surface area contributed by atoms with Crippen molar-refractivity contribution in [3.8, 4) is 0 Å². The van der Waals surface area contributed by atoms with Gasteiger partial charge in [0.25, 0.3) is 0 Å². The molecule has 28 heavy (non-hydrogen) atoms. The third-order valence-electron chi connectivity index (χ3n) is 4.33. The number of H-pyrrole nitrogens is 1. The summed E-state index contributed by atoms with van der Waals surface area (Å²) in [4.78, 5) is 24.1. The Morgan fingerprint density at radius 2 is 1.64 bits per heavy atom. The molecular formula is C21H24N4O2S. The van der Waals surface area contributed by atoms with Crippen molar-refractivity contribution >= 4 is 17.7 Å². The fourth-order valence-electron chi connectivity index (χ4n) is 2.84. The minimum Gasteiger partial charge on any atom is -0.355 e. The molecule has 3 aromatic rings. The summed E-state index contributed by atoms with van der Waals surface area (Å²) in [6, 6.07) is 20.2. The molecule has 2 N–H and O–H groups in total. The normalized spacial score (nSPS) is 10.7. The molecule has 0 aliphatic rings. The Kier molecular flexibility index (Phi) is 7.49. The first-order valence-corrected chi connectivity index (χ1v) is 10.3. The average Bonchev–Trinajstić information content (AvgIpc) is 3.09. The highest BCUT2D eigenvalue weighted by atomic mass is 32.2. The first kappa shape index (κ1) is 19.9. The number of hydrogen-bond donors (Lipinski definition) is 2. The molecule has 0 saturated heterocycles. The van der Waals surface area contributed by atoms with Crippen LogP contribution in [0, 0.1) is 0 Å². The van der Waals surface area contributed by atoms with Gasteiger partial charge in [-0.25, -0.2) is 9.89 Å². The number of aryl methyl sites for hydroxylation is 2. The predicted molar refractivity (Wildman–Crippen MR) is 111 cm³/mol. The van der Waals surface area contributed by atoms with Gasteiger partial charge in [-0.15, -0.1) is 5.10 Å². The molecule has 6 nitrogen and oxygen atoms in total. The molecule has 0 atom stereocenters. The summed E-state index contributed by atoms with van der Waals surface area (Å²) in [5.74, 6) is 0.184. The largest absolute Gasteiger partial charge is 0.355 e. The highest BCUT2D eigenvalue weighted by Gasteiger charge is 2.11. The minimum absolute atomic E-state index is 0.0527. The number of carbonyl (C=O) groups is 1. The lowest BCUT2D eigenvalue weighted by molar-refractivity contribution is -0.118. The van der Waals surface area contributed by atoms with E-state index in [1.807, 2.05) is 48.5 Å². The van der Waals surface area contributed by atoms with Gasteiger partial charge in [0.05, 0.1) is 5.75 Å². The van der Waals surface area contributed by atoms with Gasteiger partial charge in [-0.3, -0.25) is 9.36 Å². The van der Waals surface area contributed by atoms with E-state index >= 15 is 0 Å². The summed E-state index contributed by atoms with van der Waals surface area (Å²) in [7, 11) is 0.